The molecule has 0 N–H and O–H groups in total. The second-order valence-corrected chi connectivity index (χ2v) is 6.63. The summed E-state index contributed by atoms with van der Waals surface area (Å²) in [6.45, 7) is 2.03. The molecule has 4 aromatic rings. The maximum Gasteiger partial charge on any atom is 0.170 e. The van der Waals surface area contributed by atoms with E-state index >= 15 is 0 Å². The Morgan fingerprint density at radius 3 is 2.18 bits per heavy atom. The Bertz CT molecular complexity index is 1180. The predicted octanol–water partition coefficient (Wildman–Crippen LogP) is 7.29. The molecule has 0 heterocycles. The summed E-state index contributed by atoms with van der Waals surface area (Å²) < 4.78 is 57.6. The van der Waals surface area contributed by atoms with Gasteiger partial charge in [0.2, 0.25) is 0 Å². The monoisotopic (exact) mass is 380 g/mol. The number of aryl methyl sites for hydroxylation is 1. The van der Waals surface area contributed by atoms with Gasteiger partial charge in [-0.15, -0.1) is 0 Å². The van der Waals surface area contributed by atoms with Crippen molar-refractivity contribution in [1.29, 1.82) is 0 Å². The van der Waals surface area contributed by atoms with Crippen molar-refractivity contribution in [3.05, 3.63) is 95.6 Å². The zero-order chi connectivity index (χ0) is 19.8. The first-order valence-corrected chi connectivity index (χ1v) is 8.95. The summed E-state index contributed by atoms with van der Waals surface area (Å²) in [5, 5.41) is 1.59. The summed E-state index contributed by atoms with van der Waals surface area (Å²) in [6.07, 6.45) is 0.851. The van der Waals surface area contributed by atoms with Crippen LogP contribution in [0, 0.1) is 23.3 Å². The molecule has 4 aromatic carbocycles. The van der Waals surface area contributed by atoms with Crippen molar-refractivity contribution in [2.45, 2.75) is 13.3 Å². The van der Waals surface area contributed by atoms with Crippen LogP contribution in [0.2, 0.25) is 0 Å². The van der Waals surface area contributed by atoms with Crippen LogP contribution in [0.4, 0.5) is 17.6 Å². The third kappa shape index (κ3) is 3.05. The van der Waals surface area contributed by atoms with Gasteiger partial charge in [-0.1, -0.05) is 55.5 Å². The van der Waals surface area contributed by atoms with Crippen molar-refractivity contribution in [2.24, 2.45) is 0 Å². The highest BCUT2D eigenvalue weighted by atomic mass is 19.2. The molecule has 0 amide bonds. The number of hydrogen-bond acceptors (Lipinski definition) is 0. The lowest BCUT2D eigenvalue weighted by atomic mass is 9.94. The van der Waals surface area contributed by atoms with Crippen molar-refractivity contribution in [1.82, 2.24) is 0 Å². The molecule has 0 nitrogen and oxygen atoms in total. The lowest BCUT2D eigenvalue weighted by Gasteiger charge is -2.13. The van der Waals surface area contributed by atoms with Crippen LogP contribution in [0.5, 0.6) is 0 Å². The topological polar surface area (TPSA) is 0 Å². The van der Waals surface area contributed by atoms with Gasteiger partial charge in [-0.3, -0.25) is 0 Å². The van der Waals surface area contributed by atoms with E-state index < -0.39 is 28.8 Å². The summed E-state index contributed by atoms with van der Waals surface area (Å²) in [4.78, 5) is 0. The maximum absolute atomic E-state index is 15.0. The van der Waals surface area contributed by atoms with Gasteiger partial charge in [0, 0.05) is 5.56 Å². The Balaban J connectivity index is 1.93. The summed E-state index contributed by atoms with van der Waals surface area (Å²) in [7, 11) is 0. The summed E-state index contributed by atoms with van der Waals surface area (Å²) in [6, 6.07) is 16.6. The molecular weight excluding hydrogens is 364 g/mol. The van der Waals surface area contributed by atoms with E-state index in [4.69, 9.17) is 0 Å². The fraction of sp³-hybridized carbons (Fsp3) is 0.0833. The Morgan fingerprint density at radius 2 is 1.46 bits per heavy atom. The summed E-state index contributed by atoms with van der Waals surface area (Å²) in [5.74, 6) is -3.86. The van der Waals surface area contributed by atoms with Gasteiger partial charge >= 0.3 is 0 Å². The molecule has 0 unspecified atom stereocenters. The van der Waals surface area contributed by atoms with E-state index in [-0.39, 0.29) is 11.1 Å². The first-order chi connectivity index (χ1) is 13.5. The van der Waals surface area contributed by atoms with Crippen LogP contribution in [0.25, 0.3) is 33.0 Å². The van der Waals surface area contributed by atoms with Gasteiger partial charge in [-0.25, -0.2) is 17.6 Å². The summed E-state index contributed by atoms with van der Waals surface area (Å²) >= 11 is 0. The Hall–Kier alpha value is -3.14. The molecule has 0 aromatic heterocycles. The quantitative estimate of drug-likeness (QED) is 0.258. The Morgan fingerprint density at radius 1 is 0.714 bits per heavy atom. The minimum atomic E-state index is -1.29. The van der Waals surface area contributed by atoms with E-state index in [0.717, 1.165) is 35.6 Å². The Labute approximate surface area is 160 Å². The van der Waals surface area contributed by atoms with Gasteiger partial charge in [0.25, 0.3) is 0 Å². The van der Waals surface area contributed by atoms with Crippen LogP contribution >= 0.6 is 0 Å². The molecule has 0 spiro atoms. The third-order valence-electron chi connectivity index (χ3n) is 4.93. The highest BCUT2D eigenvalue weighted by molar-refractivity contribution is 5.97. The van der Waals surface area contributed by atoms with Gasteiger partial charge in [-0.05, 0) is 52.1 Å². The van der Waals surface area contributed by atoms with Crippen molar-refractivity contribution in [3.8, 4) is 22.3 Å². The number of hydrogen-bond donors (Lipinski definition) is 0. The van der Waals surface area contributed by atoms with Crippen LogP contribution in [0.1, 0.15) is 12.5 Å². The average molecular weight is 380 g/mol. The fourth-order valence-corrected chi connectivity index (χ4v) is 3.46. The van der Waals surface area contributed by atoms with Gasteiger partial charge in [0.05, 0.1) is 5.56 Å². The highest BCUT2D eigenvalue weighted by Gasteiger charge is 2.22. The van der Waals surface area contributed by atoms with Gasteiger partial charge < -0.3 is 0 Å². The second kappa shape index (κ2) is 7.12. The lowest BCUT2D eigenvalue weighted by Crippen LogP contribution is -1.99. The molecule has 0 saturated carbocycles. The van der Waals surface area contributed by atoms with E-state index in [9.17, 15) is 17.6 Å². The van der Waals surface area contributed by atoms with Gasteiger partial charge in [0.15, 0.2) is 11.6 Å². The maximum atomic E-state index is 15.0. The number of benzene rings is 4. The fourth-order valence-electron chi connectivity index (χ4n) is 3.46. The Kier molecular flexibility index (Phi) is 4.63. The van der Waals surface area contributed by atoms with Gasteiger partial charge in [-0.2, -0.15) is 0 Å². The molecular formula is C24H16F4. The zero-order valence-corrected chi connectivity index (χ0v) is 15.1. The van der Waals surface area contributed by atoms with Crippen molar-refractivity contribution in [3.63, 3.8) is 0 Å². The SMILES string of the molecule is CCc1ccc2c(-c3cc(F)c(-c4ccc(F)cc4)c(F)c3F)cccc2c1. The smallest absolute Gasteiger partial charge is 0.170 e. The molecule has 0 fully saturated rings. The molecule has 0 aliphatic carbocycles. The average Bonchev–Trinajstić information content (AvgIpc) is 2.71. The van der Waals surface area contributed by atoms with Crippen molar-refractivity contribution < 1.29 is 17.6 Å². The molecule has 4 rings (SSSR count). The van der Waals surface area contributed by atoms with Crippen LogP contribution < -0.4 is 0 Å². The molecule has 28 heavy (non-hydrogen) atoms. The second-order valence-electron chi connectivity index (χ2n) is 6.63. The first-order valence-electron chi connectivity index (χ1n) is 8.95. The van der Waals surface area contributed by atoms with Crippen LogP contribution in [-0.2, 0) is 6.42 Å². The van der Waals surface area contributed by atoms with Crippen LogP contribution in [-0.4, -0.2) is 0 Å². The van der Waals surface area contributed by atoms with Crippen LogP contribution in [0.3, 0.4) is 0 Å². The molecule has 0 bridgehead atoms. The molecule has 4 heteroatoms. The van der Waals surface area contributed by atoms with E-state index in [1.54, 1.807) is 12.1 Å². The van der Waals surface area contributed by atoms with Gasteiger partial charge in [0.1, 0.15) is 11.6 Å². The van der Waals surface area contributed by atoms with E-state index in [0.29, 0.717) is 10.9 Å². The third-order valence-corrected chi connectivity index (χ3v) is 4.93. The van der Waals surface area contributed by atoms with Crippen molar-refractivity contribution in [2.75, 3.05) is 0 Å². The standard InChI is InChI=1S/C24H16F4/c1-2-14-6-11-18-16(12-14)4-3-5-19(18)20-13-21(26)22(24(28)23(20)27)15-7-9-17(25)10-8-15/h3-13H,2H2,1H3. The molecule has 140 valence electrons. The summed E-state index contributed by atoms with van der Waals surface area (Å²) in [5.41, 5.74) is 0.966. The predicted molar refractivity (Wildman–Crippen MR) is 104 cm³/mol. The molecule has 0 aliphatic heterocycles. The largest absolute Gasteiger partial charge is 0.207 e. The molecule has 0 aliphatic rings. The zero-order valence-electron chi connectivity index (χ0n) is 15.1. The molecule has 0 saturated heterocycles. The van der Waals surface area contributed by atoms with Crippen LogP contribution in [0.15, 0.2) is 66.7 Å². The number of halogens is 4. The first kappa shape index (κ1) is 18.2. The number of rotatable bonds is 3. The molecule has 0 atom stereocenters. The minimum Gasteiger partial charge on any atom is -0.207 e. The van der Waals surface area contributed by atoms with E-state index in [2.05, 4.69) is 0 Å². The van der Waals surface area contributed by atoms with E-state index in [1.807, 2.05) is 31.2 Å². The minimum absolute atomic E-state index is 0.0763. The highest BCUT2D eigenvalue weighted by Crippen LogP contribution is 2.37. The lowest BCUT2D eigenvalue weighted by molar-refractivity contribution is 0.502. The molecule has 0 radical (unpaired) electrons. The van der Waals surface area contributed by atoms with Crippen molar-refractivity contribution >= 4 is 10.8 Å². The normalized spacial score (nSPS) is 11.2. The number of fused-ring (bicyclic) bond motifs is 1. The van der Waals surface area contributed by atoms with E-state index in [1.165, 1.54) is 12.1 Å².